The lowest BCUT2D eigenvalue weighted by atomic mass is 9.94. The largest absolute Gasteiger partial charge is 0.454 e. The monoisotopic (exact) mass is 470 g/mol. The molecule has 4 aromatic rings. The number of amides is 2. The fraction of sp³-hybridized carbons (Fsp3) is 0.115. The van der Waals surface area contributed by atoms with Gasteiger partial charge in [0.25, 0.3) is 5.89 Å². The van der Waals surface area contributed by atoms with Crippen LogP contribution in [0.2, 0.25) is 0 Å². The summed E-state index contributed by atoms with van der Waals surface area (Å²) in [6.45, 7) is 1.95. The topological polar surface area (TPSA) is 89.7 Å². The van der Waals surface area contributed by atoms with Crippen LogP contribution in [0.15, 0.2) is 83.0 Å². The number of nitrogens with one attached hydrogen (secondary N) is 1. The average Bonchev–Trinajstić information content (AvgIpc) is 3.54. The Hall–Kier alpha value is -4.66. The highest BCUT2D eigenvalue weighted by Gasteiger charge is 2.37. The van der Waals surface area contributed by atoms with Gasteiger partial charge in [0.05, 0.1) is 17.3 Å². The molecule has 3 aromatic carbocycles. The maximum atomic E-state index is 13.8. The standard InChI is InChI=1S/C26H19FN4O4/c1-15-22(25-29-24(30-35-25)17-8-5-9-18(27)12-17)23(16-6-3-2-4-7-16)28-26(32)31(15)19-10-11-20-21(13-19)34-14-33-20/h2-13,23H,14H2,1H3,(H,28,32). The van der Waals surface area contributed by atoms with Crippen LogP contribution in [0.3, 0.4) is 0 Å². The molecule has 1 unspecified atom stereocenters. The van der Waals surface area contributed by atoms with E-state index in [0.717, 1.165) is 5.56 Å². The van der Waals surface area contributed by atoms with Gasteiger partial charge in [-0.3, -0.25) is 4.90 Å². The summed E-state index contributed by atoms with van der Waals surface area (Å²) in [5.74, 6) is 1.25. The molecule has 174 valence electrons. The van der Waals surface area contributed by atoms with Crippen molar-refractivity contribution in [2.24, 2.45) is 0 Å². The zero-order valence-corrected chi connectivity index (χ0v) is 18.6. The number of benzene rings is 3. The molecule has 0 saturated carbocycles. The van der Waals surface area contributed by atoms with Gasteiger partial charge in [0.15, 0.2) is 11.5 Å². The summed E-state index contributed by atoms with van der Waals surface area (Å²) in [6.07, 6.45) is 0. The molecule has 1 aromatic heterocycles. The molecule has 0 bridgehead atoms. The van der Waals surface area contributed by atoms with Gasteiger partial charge in [-0.25, -0.2) is 9.18 Å². The highest BCUT2D eigenvalue weighted by atomic mass is 19.1. The highest BCUT2D eigenvalue weighted by molar-refractivity contribution is 6.01. The lowest BCUT2D eigenvalue weighted by Crippen LogP contribution is -2.46. The van der Waals surface area contributed by atoms with Crippen LogP contribution < -0.4 is 19.7 Å². The van der Waals surface area contributed by atoms with Gasteiger partial charge in [0.1, 0.15) is 5.82 Å². The Bertz CT molecular complexity index is 1470. The molecule has 0 aliphatic carbocycles. The van der Waals surface area contributed by atoms with Crippen LogP contribution in [0.5, 0.6) is 11.5 Å². The van der Waals surface area contributed by atoms with Gasteiger partial charge in [-0.2, -0.15) is 4.98 Å². The molecule has 35 heavy (non-hydrogen) atoms. The molecule has 8 nitrogen and oxygen atoms in total. The average molecular weight is 470 g/mol. The van der Waals surface area contributed by atoms with Crippen molar-refractivity contribution in [1.29, 1.82) is 0 Å². The molecule has 0 spiro atoms. The van der Waals surface area contributed by atoms with Crippen molar-refractivity contribution in [3.63, 3.8) is 0 Å². The summed E-state index contributed by atoms with van der Waals surface area (Å²) >= 11 is 0. The SMILES string of the molecule is CC1=C(c2nc(-c3cccc(F)c3)no2)C(c2ccccc2)NC(=O)N1c1ccc2c(c1)OCO2. The number of ether oxygens (including phenoxy) is 2. The van der Waals surface area contributed by atoms with E-state index in [-0.39, 0.29) is 24.5 Å². The van der Waals surface area contributed by atoms with Crippen molar-refractivity contribution >= 4 is 17.3 Å². The summed E-state index contributed by atoms with van der Waals surface area (Å²) in [6, 6.07) is 19.9. The molecule has 0 fully saturated rings. The van der Waals surface area contributed by atoms with Crippen molar-refractivity contribution in [2.45, 2.75) is 13.0 Å². The van der Waals surface area contributed by atoms with E-state index in [1.165, 1.54) is 17.0 Å². The Kier molecular flexibility index (Phi) is 4.95. The first-order valence-electron chi connectivity index (χ1n) is 10.9. The summed E-state index contributed by atoms with van der Waals surface area (Å²) in [5, 5.41) is 7.13. The van der Waals surface area contributed by atoms with Crippen LogP contribution in [-0.4, -0.2) is 23.0 Å². The predicted octanol–water partition coefficient (Wildman–Crippen LogP) is 5.31. The van der Waals surface area contributed by atoms with E-state index in [9.17, 15) is 9.18 Å². The van der Waals surface area contributed by atoms with Crippen molar-refractivity contribution < 1.29 is 23.2 Å². The van der Waals surface area contributed by atoms with Crippen molar-refractivity contribution in [2.75, 3.05) is 11.7 Å². The molecule has 9 heteroatoms. The van der Waals surface area contributed by atoms with Crippen LogP contribution in [-0.2, 0) is 0 Å². The number of hydrogen-bond acceptors (Lipinski definition) is 6. The van der Waals surface area contributed by atoms with Gasteiger partial charge in [0, 0.05) is 17.3 Å². The lowest BCUT2D eigenvalue weighted by Gasteiger charge is -2.35. The Labute approximate surface area is 199 Å². The summed E-state index contributed by atoms with van der Waals surface area (Å²) in [7, 11) is 0. The van der Waals surface area contributed by atoms with Gasteiger partial charge < -0.3 is 19.3 Å². The number of carbonyl (C=O) groups excluding carboxylic acids is 1. The Morgan fingerprint density at radius 1 is 1.00 bits per heavy atom. The van der Waals surface area contributed by atoms with Gasteiger partial charge in [0.2, 0.25) is 12.6 Å². The van der Waals surface area contributed by atoms with E-state index in [0.29, 0.717) is 34.0 Å². The maximum Gasteiger partial charge on any atom is 0.327 e. The molecular weight excluding hydrogens is 451 g/mol. The third-order valence-electron chi connectivity index (χ3n) is 5.97. The van der Waals surface area contributed by atoms with Crippen molar-refractivity contribution in [1.82, 2.24) is 15.5 Å². The molecule has 0 radical (unpaired) electrons. The normalized spacial score (nSPS) is 17.0. The van der Waals surface area contributed by atoms with E-state index in [2.05, 4.69) is 15.5 Å². The Morgan fingerprint density at radius 3 is 2.66 bits per heavy atom. The zero-order chi connectivity index (χ0) is 23.9. The van der Waals surface area contributed by atoms with E-state index in [1.807, 2.05) is 37.3 Å². The minimum absolute atomic E-state index is 0.131. The van der Waals surface area contributed by atoms with E-state index >= 15 is 0 Å². The number of carbonyl (C=O) groups is 1. The second-order valence-corrected chi connectivity index (χ2v) is 8.10. The third kappa shape index (κ3) is 3.67. The minimum Gasteiger partial charge on any atom is -0.454 e. The van der Waals surface area contributed by atoms with Gasteiger partial charge in [-0.1, -0.05) is 47.6 Å². The fourth-order valence-electron chi connectivity index (χ4n) is 4.33. The van der Waals surface area contributed by atoms with Gasteiger partial charge in [-0.15, -0.1) is 0 Å². The fourth-order valence-corrected chi connectivity index (χ4v) is 4.33. The number of rotatable bonds is 4. The minimum atomic E-state index is -0.533. The number of urea groups is 1. The maximum absolute atomic E-state index is 13.8. The molecule has 3 heterocycles. The molecule has 1 N–H and O–H groups in total. The number of nitrogens with zero attached hydrogens (tertiary/aromatic N) is 3. The zero-order valence-electron chi connectivity index (χ0n) is 18.6. The summed E-state index contributed by atoms with van der Waals surface area (Å²) < 4.78 is 30.3. The van der Waals surface area contributed by atoms with Crippen LogP contribution in [0.25, 0.3) is 17.0 Å². The summed E-state index contributed by atoms with van der Waals surface area (Å²) in [4.78, 5) is 19.4. The van der Waals surface area contributed by atoms with Gasteiger partial charge >= 0.3 is 6.03 Å². The quantitative estimate of drug-likeness (QED) is 0.435. The Balaban J connectivity index is 1.49. The smallest absolute Gasteiger partial charge is 0.327 e. The molecule has 2 amide bonds. The molecule has 1 atom stereocenters. The number of hydrogen-bond donors (Lipinski definition) is 1. The van der Waals surface area contributed by atoms with Crippen LogP contribution in [0.4, 0.5) is 14.9 Å². The first-order chi connectivity index (χ1) is 17.1. The van der Waals surface area contributed by atoms with E-state index < -0.39 is 11.9 Å². The van der Waals surface area contributed by atoms with Crippen molar-refractivity contribution in [3.8, 4) is 22.9 Å². The first kappa shape index (κ1) is 20.9. The lowest BCUT2D eigenvalue weighted by molar-refractivity contribution is 0.174. The molecule has 2 aliphatic rings. The van der Waals surface area contributed by atoms with Crippen molar-refractivity contribution in [3.05, 3.63) is 95.8 Å². The van der Waals surface area contributed by atoms with Crippen LogP contribution in [0.1, 0.15) is 24.4 Å². The molecule has 2 aliphatic heterocycles. The van der Waals surface area contributed by atoms with E-state index in [4.69, 9.17) is 14.0 Å². The molecule has 6 rings (SSSR count). The van der Waals surface area contributed by atoms with Crippen LogP contribution in [0, 0.1) is 5.82 Å². The first-order valence-corrected chi connectivity index (χ1v) is 10.9. The number of allylic oxidation sites excluding steroid dienone is 1. The summed E-state index contributed by atoms with van der Waals surface area (Å²) in [5.41, 5.74) is 3.17. The number of fused-ring (bicyclic) bond motifs is 1. The number of halogens is 1. The molecule has 0 saturated heterocycles. The second-order valence-electron chi connectivity index (χ2n) is 8.10. The third-order valence-corrected chi connectivity index (χ3v) is 5.97. The van der Waals surface area contributed by atoms with Crippen LogP contribution >= 0.6 is 0 Å². The Morgan fingerprint density at radius 2 is 1.83 bits per heavy atom. The number of anilines is 1. The highest BCUT2D eigenvalue weighted by Crippen LogP contribution is 2.42. The predicted molar refractivity (Wildman–Crippen MR) is 125 cm³/mol. The number of aromatic nitrogens is 2. The molecular formula is C26H19FN4O4. The second kappa shape index (κ2) is 8.28. The van der Waals surface area contributed by atoms with Gasteiger partial charge in [-0.05, 0) is 36.8 Å². The van der Waals surface area contributed by atoms with E-state index in [1.54, 1.807) is 30.3 Å².